The van der Waals surface area contributed by atoms with Gasteiger partial charge in [-0.05, 0) is 24.0 Å². The van der Waals surface area contributed by atoms with Gasteiger partial charge in [-0.1, -0.05) is 73.5 Å². The number of amides is 1. The summed E-state index contributed by atoms with van der Waals surface area (Å²) in [6.07, 6.45) is 1.64. The summed E-state index contributed by atoms with van der Waals surface area (Å²) < 4.78 is 0. The number of rotatable bonds is 6. The highest BCUT2D eigenvalue weighted by Crippen LogP contribution is 2.26. The number of aliphatic hydroxyl groups excluding tert-OH is 1. The lowest BCUT2D eigenvalue weighted by Gasteiger charge is -2.36. The van der Waals surface area contributed by atoms with Crippen molar-refractivity contribution in [2.24, 2.45) is 0 Å². The van der Waals surface area contributed by atoms with Crippen molar-refractivity contribution in [3.63, 3.8) is 0 Å². The van der Waals surface area contributed by atoms with E-state index in [4.69, 9.17) is 5.11 Å². The zero-order chi connectivity index (χ0) is 19.1. The van der Waals surface area contributed by atoms with Gasteiger partial charge < -0.3 is 15.5 Å². The van der Waals surface area contributed by atoms with Crippen molar-refractivity contribution in [2.75, 3.05) is 0 Å². The number of aliphatic hydroxyl groups is 1. The molecule has 2 aromatic carbocycles. The van der Waals surface area contributed by atoms with E-state index in [9.17, 15) is 9.90 Å². The fourth-order valence-corrected chi connectivity index (χ4v) is 3.97. The third-order valence-corrected chi connectivity index (χ3v) is 5.31. The Morgan fingerprint density at radius 3 is 1.96 bits per heavy atom. The predicted molar refractivity (Wildman–Crippen MR) is 105 cm³/mol. The molecule has 1 aliphatic rings. The van der Waals surface area contributed by atoms with E-state index >= 15 is 0 Å². The smallest absolute Gasteiger partial charge is 0.404 e. The van der Waals surface area contributed by atoms with Crippen molar-refractivity contribution in [2.45, 2.75) is 57.0 Å². The normalized spacial score (nSPS) is 23.0. The molecule has 0 bridgehead atoms. The van der Waals surface area contributed by atoms with Gasteiger partial charge >= 0.3 is 6.09 Å². The van der Waals surface area contributed by atoms with Crippen molar-refractivity contribution >= 4 is 6.09 Å². The molecule has 3 rings (SSSR count). The van der Waals surface area contributed by atoms with Crippen LogP contribution in [0, 0.1) is 0 Å². The summed E-state index contributed by atoms with van der Waals surface area (Å²) in [5.74, 6) is 0. The Hall–Kier alpha value is -2.37. The summed E-state index contributed by atoms with van der Waals surface area (Å²) in [7, 11) is 0. The van der Waals surface area contributed by atoms with Gasteiger partial charge in [0.15, 0.2) is 0 Å². The Kier molecular flexibility index (Phi) is 6.85. The largest absolute Gasteiger partial charge is 0.465 e. The number of nitrogens with zero attached hydrogens (tertiary/aromatic N) is 1. The predicted octanol–water partition coefficient (Wildman–Crippen LogP) is 3.63. The monoisotopic (exact) mass is 368 g/mol. The maximum absolute atomic E-state index is 11.1. The van der Waals surface area contributed by atoms with E-state index in [1.807, 2.05) is 36.4 Å². The number of hydrogen-bond acceptors (Lipinski definition) is 3. The van der Waals surface area contributed by atoms with Crippen LogP contribution in [0.15, 0.2) is 60.7 Å². The van der Waals surface area contributed by atoms with Gasteiger partial charge in [-0.3, -0.25) is 4.90 Å². The summed E-state index contributed by atoms with van der Waals surface area (Å²) in [6, 6.07) is 19.9. The lowest BCUT2D eigenvalue weighted by molar-refractivity contribution is 0.0172. The minimum absolute atomic E-state index is 0.0928. The zero-order valence-electron chi connectivity index (χ0n) is 15.5. The highest BCUT2D eigenvalue weighted by atomic mass is 16.4. The summed E-state index contributed by atoms with van der Waals surface area (Å²) in [6.45, 7) is 1.44. The van der Waals surface area contributed by atoms with Crippen LogP contribution < -0.4 is 5.32 Å². The maximum atomic E-state index is 11.1. The zero-order valence-corrected chi connectivity index (χ0v) is 15.5. The van der Waals surface area contributed by atoms with E-state index < -0.39 is 18.2 Å². The number of nitrogens with one attached hydrogen (secondary N) is 1. The molecule has 3 atom stereocenters. The maximum Gasteiger partial charge on any atom is 0.404 e. The SMILES string of the molecule is O=C(O)NC1CCCCC(N(Cc2ccccc2)Cc2ccccc2)C1O. The Balaban J connectivity index is 1.83. The minimum Gasteiger partial charge on any atom is -0.465 e. The van der Waals surface area contributed by atoms with Gasteiger partial charge in [0, 0.05) is 19.1 Å². The molecule has 5 heteroatoms. The van der Waals surface area contributed by atoms with Crippen LogP contribution in [0.5, 0.6) is 0 Å². The summed E-state index contributed by atoms with van der Waals surface area (Å²) >= 11 is 0. The van der Waals surface area contributed by atoms with Crippen LogP contribution >= 0.6 is 0 Å². The standard InChI is InChI=1S/C22H28N2O3/c25-21-19(23-22(26)27)13-7-8-14-20(21)24(15-17-9-3-1-4-10-17)16-18-11-5-2-6-12-18/h1-6,9-12,19-21,23,25H,7-8,13-16H2,(H,26,27). The van der Waals surface area contributed by atoms with Crippen LogP contribution in [-0.4, -0.2) is 39.4 Å². The Morgan fingerprint density at radius 2 is 1.44 bits per heavy atom. The first kappa shape index (κ1) is 19.4. The molecule has 1 saturated carbocycles. The van der Waals surface area contributed by atoms with Crippen molar-refractivity contribution in [1.82, 2.24) is 10.2 Å². The average molecular weight is 368 g/mol. The molecule has 144 valence electrons. The average Bonchev–Trinajstić information content (AvgIpc) is 2.84. The van der Waals surface area contributed by atoms with Gasteiger partial charge in [-0.25, -0.2) is 4.79 Å². The van der Waals surface area contributed by atoms with Gasteiger partial charge in [0.2, 0.25) is 0 Å². The molecular formula is C22H28N2O3. The minimum atomic E-state index is -1.07. The molecular weight excluding hydrogens is 340 g/mol. The first-order chi connectivity index (χ1) is 13.1. The van der Waals surface area contributed by atoms with Crippen LogP contribution in [0.3, 0.4) is 0 Å². The van der Waals surface area contributed by atoms with E-state index in [0.29, 0.717) is 6.42 Å². The molecule has 2 aromatic rings. The number of carbonyl (C=O) groups is 1. The molecule has 0 spiro atoms. The van der Waals surface area contributed by atoms with Crippen LogP contribution in [0.25, 0.3) is 0 Å². The van der Waals surface area contributed by atoms with Gasteiger partial charge in [-0.15, -0.1) is 0 Å². The van der Waals surface area contributed by atoms with Crippen LogP contribution in [0.1, 0.15) is 36.8 Å². The summed E-state index contributed by atoms with van der Waals surface area (Å²) in [5, 5.41) is 22.7. The number of carboxylic acid groups (broad SMARTS) is 1. The van der Waals surface area contributed by atoms with Crippen LogP contribution in [0.4, 0.5) is 4.79 Å². The highest BCUT2D eigenvalue weighted by Gasteiger charge is 2.34. The van der Waals surface area contributed by atoms with E-state index in [0.717, 1.165) is 32.4 Å². The molecule has 0 saturated heterocycles. The van der Waals surface area contributed by atoms with Crippen molar-refractivity contribution in [3.8, 4) is 0 Å². The molecule has 3 unspecified atom stereocenters. The Morgan fingerprint density at radius 1 is 0.926 bits per heavy atom. The molecule has 27 heavy (non-hydrogen) atoms. The molecule has 1 aliphatic carbocycles. The fourth-order valence-electron chi connectivity index (χ4n) is 3.97. The molecule has 0 heterocycles. The summed E-state index contributed by atoms with van der Waals surface area (Å²) in [4.78, 5) is 13.4. The van der Waals surface area contributed by atoms with E-state index in [1.165, 1.54) is 11.1 Å². The van der Waals surface area contributed by atoms with Crippen LogP contribution in [0.2, 0.25) is 0 Å². The van der Waals surface area contributed by atoms with Crippen molar-refractivity contribution in [3.05, 3.63) is 71.8 Å². The third kappa shape index (κ3) is 5.55. The second-order valence-electron chi connectivity index (χ2n) is 7.27. The van der Waals surface area contributed by atoms with Gasteiger partial charge in [0.05, 0.1) is 12.1 Å². The summed E-state index contributed by atoms with van der Waals surface area (Å²) in [5.41, 5.74) is 2.38. The molecule has 0 aliphatic heterocycles. The second kappa shape index (κ2) is 9.53. The van der Waals surface area contributed by atoms with Gasteiger partial charge in [0.25, 0.3) is 0 Å². The lowest BCUT2D eigenvalue weighted by atomic mass is 9.98. The first-order valence-electron chi connectivity index (χ1n) is 9.63. The van der Waals surface area contributed by atoms with Gasteiger partial charge in [0.1, 0.15) is 0 Å². The number of benzene rings is 2. The van der Waals surface area contributed by atoms with Crippen molar-refractivity contribution in [1.29, 1.82) is 0 Å². The van der Waals surface area contributed by atoms with E-state index in [-0.39, 0.29) is 6.04 Å². The molecule has 1 fully saturated rings. The van der Waals surface area contributed by atoms with Crippen molar-refractivity contribution < 1.29 is 15.0 Å². The third-order valence-electron chi connectivity index (χ3n) is 5.31. The molecule has 0 aromatic heterocycles. The van der Waals surface area contributed by atoms with E-state index in [1.54, 1.807) is 0 Å². The number of hydrogen-bond donors (Lipinski definition) is 3. The molecule has 5 nitrogen and oxygen atoms in total. The Bertz CT molecular complexity index is 667. The Labute approximate surface area is 160 Å². The molecule has 0 radical (unpaired) electrons. The topological polar surface area (TPSA) is 72.8 Å². The van der Waals surface area contributed by atoms with Gasteiger partial charge in [-0.2, -0.15) is 0 Å². The van der Waals surface area contributed by atoms with E-state index in [2.05, 4.69) is 34.5 Å². The second-order valence-corrected chi connectivity index (χ2v) is 7.27. The quantitative estimate of drug-likeness (QED) is 0.681. The molecule has 3 N–H and O–H groups in total. The fraction of sp³-hybridized carbons (Fsp3) is 0.409. The lowest BCUT2D eigenvalue weighted by Crippen LogP contribution is -2.52. The van der Waals surface area contributed by atoms with Crippen LogP contribution in [-0.2, 0) is 13.1 Å². The first-order valence-corrected chi connectivity index (χ1v) is 9.63. The molecule has 1 amide bonds. The highest BCUT2D eigenvalue weighted by molar-refractivity contribution is 5.65.